The molecule has 0 saturated heterocycles. The third-order valence-corrected chi connectivity index (χ3v) is 3.77. The first-order valence-corrected chi connectivity index (χ1v) is 6.54. The van der Waals surface area contributed by atoms with Crippen molar-refractivity contribution in [1.82, 2.24) is 0 Å². The van der Waals surface area contributed by atoms with Crippen molar-refractivity contribution in [3.8, 4) is 0 Å². The van der Waals surface area contributed by atoms with Gasteiger partial charge in [0.15, 0.2) is 0 Å². The number of alkyl halides is 2. The molecule has 1 saturated carbocycles. The van der Waals surface area contributed by atoms with Crippen LogP contribution < -0.4 is 0 Å². The first-order valence-electron chi connectivity index (χ1n) is 4.06. The third-order valence-electron chi connectivity index (χ3n) is 2.52. The summed E-state index contributed by atoms with van der Waals surface area (Å²) in [4.78, 5) is 0. The molecule has 0 radical (unpaired) electrons. The van der Waals surface area contributed by atoms with E-state index in [4.69, 9.17) is 10.7 Å². The van der Waals surface area contributed by atoms with E-state index in [1.807, 2.05) is 0 Å². The highest BCUT2D eigenvalue weighted by Crippen LogP contribution is 2.44. The van der Waals surface area contributed by atoms with Crippen LogP contribution in [0.25, 0.3) is 0 Å². The summed E-state index contributed by atoms with van der Waals surface area (Å²) in [5.41, 5.74) is -1.37. The molecule has 0 amide bonds. The van der Waals surface area contributed by atoms with Gasteiger partial charge in [-0.3, -0.25) is 0 Å². The molecule has 0 aromatic rings. The first-order chi connectivity index (χ1) is 5.86. The fourth-order valence-electron chi connectivity index (χ4n) is 1.85. The van der Waals surface area contributed by atoms with E-state index in [2.05, 4.69) is 0 Å². The van der Waals surface area contributed by atoms with Gasteiger partial charge in [0.2, 0.25) is 15.5 Å². The molecular weight excluding hydrogens is 222 g/mol. The smallest absolute Gasteiger partial charge is 0.212 e. The standard InChI is InChI=1S/C7H11ClF2O2S/c8-13(11,12)5-7(6(9)10)3-1-2-4-7/h6H,1-5H2. The molecule has 0 aliphatic heterocycles. The third kappa shape index (κ3) is 2.77. The number of rotatable bonds is 3. The summed E-state index contributed by atoms with van der Waals surface area (Å²) in [5, 5.41) is 0. The largest absolute Gasteiger partial charge is 0.245 e. The van der Waals surface area contributed by atoms with Crippen LogP contribution in [0.5, 0.6) is 0 Å². The van der Waals surface area contributed by atoms with Crippen molar-refractivity contribution >= 4 is 19.7 Å². The van der Waals surface area contributed by atoms with Crippen LogP contribution in [-0.4, -0.2) is 20.6 Å². The van der Waals surface area contributed by atoms with Crippen molar-refractivity contribution in [1.29, 1.82) is 0 Å². The molecule has 13 heavy (non-hydrogen) atoms. The minimum absolute atomic E-state index is 0.261. The Morgan fingerprint density at radius 1 is 1.31 bits per heavy atom. The summed E-state index contributed by atoms with van der Waals surface area (Å²) in [7, 11) is 1.17. The van der Waals surface area contributed by atoms with Gasteiger partial charge in [-0.05, 0) is 12.8 Å². The van der Waals surface area contributed by atoms with E-state index in [9.17, 15) is 17.2 Å². The zero-order valence-electron chi connectivity index (χ0n) is 6.97. The minimum Gasteiger partial charge on any atom is -0.212 e. The van der Waals surface area contributed by atoms with E-state index in [1.165, 1.54) is 0 Å². The number of halogens is 3. The molecule has 6 heteroatoms. The summed E-state index contributed by atoms with van der Waals surface area (Å²) in [6.45, 7) is 0. The molecule has 0 aromatic carbocycles. The lowest BCUT2D eigenvalue weighted by molar-refractivity contribution is 0.0144. The van der Waals surface area contributed by atoms with Crippen molar-refractivity contribution in [2.24, 2.45) is 5.41 Å². The Morgan fingerprint density at radius 2 is 1.77 bits per heavy atom. The molecule has 0 spiro atoms. The van der Waals surface area contributed by atoms with E-state index in [1.54, 1.807) is 0 Å². The monoisotopic (exact) mass is 232 g/mol. The van der Waals surface area contributed by atoms with Gasteiger partial charge < -0.3 is 0 Å². The number of hydrogen-bond acceptors (Lipinski definition) is 2. The Morgan fingerprint density at radius 3 is 2.08 bits per heavy atom. The summed E-state index contributed by atoms with van der Waals surface area (Å²) in [5.74, 6) is -0.598. The molecule has 0 bridgehead atoms. The normalized spacial score (nSPS) is 22.5. The topological polar surface area (TPSA) is 34.1 Å². The molecular formula is C7H11ClF2O2S. The van der Waals surface area contributed by atoms with E-state index in [-0.39, 0.29) is 12.8 Å². The maximum absolute atomic E-state index is 12.6. The van der Waals surface area contributed by atoms with Gasteiger partial charge in [-0.1, -0.05) is 12.8 Å². The van der Waals surface area contributed by atoms with E-state index in [0.29, 0.717) is 12.8 Å². The molecule has 2 nitrogen and oxygen atoms in total. The quantitative estimate of drug-likeness (QED) is 0.701. The lowest BCUT2D eigenvalue weighted by atomic mass is 9.89. The van der Waals surface area contributed by atoms with Gasteiger partial charge in [-0.15, -0.1) is 0 Å². The highest BCUT2D eigenvalue weighted by Gasteiger charge is 2.45. The van der Waals surface area contributed by atoms with Gasteiger partial charge in [-0.25, -0.2) is 17.2 Å². The molecule has 0 atom stereocenters. The second-order valence-electron chi connectivity index (χ2n) is 3.55. The molecule has 78 valence electrons. The molecule has 1 aliphatic carbocycles. The second-order valence-corrected chi connectivity index (χ2v) is 6.33. The van der Waals surface area contributed by atoms with E-state index in [0.717, 1.165) is 0 Å². The maximum atomic E-state index is 12.6. The Balaban J connectivity index is 2.80. The highest BCUT2D eigenvalue weighted by atomic mass is 35.7. The first kappa shape index (κ1) is 11.2. The summed E-state index contributed by atoms with van der Waals surface area (Å²) in [6.07, 6.45) is -0.746. The van der Waals surface area contributed by atoms with Crippen molar-refractivity contribution in [3.05, 3.63) is 0 Å². The Hall–Kier alpha value is 0.1000. The Bertz CT molecular complexity index is 270. The predicted octanol–water partition coefficient (Wildman–Crippen LogP) is 2.38. The molecule has 1 fully saturated rings. The fourth-order valence-corrected chi connectivity index (χ4v) is 3.60. The van der Waals surface area contributed by atoms with E-state index >= 15 is 0 Å². The van der Waals surface area contributed by atoms with Gasteiger partial charge in [0, 0.05) is 16.1 Å². The average Bonchev–Trinajstić information content (AvgIpc) is 2.33. The zero-order valence-corrected chi connectivity index (χ0v) is 8.54. The van der Waals surface area contributed by atoms with Gasteiger partial charge in [0.1, 0.15) is 0 Å². The Labute approximate surface area is 80.7 Å². The molecule has 0 N–H and O–H groups in total. The van der Waals surface area contributed by atoms with Crippen molar-refractivity contribution in [3.63, 3.8) is 0 Å². The van der Waals surface area contributed by atoms with Crippen LogP contribution in [-0.2, 0) is 9.05 Å². The van der Waals surface area contributed by atoms with Crippen LogP contribution in [0.15, 0.2) is 0 Å². The van der Waals surface area contributed by atoms with Crippen LogP contribution >= 0.6 is 10.7 Å². The van der Waals surface area contributed by atoms with Gasteiger partial charge in [0.25, 0.3) is 0 Å². The van der Waals surface area contributed by atoms with Crippen molar-refractivity contribution in [2.75, 3.05) is 5.75 Å². The molecule has 0 unspecified atom stereocenters. The molecule has 1 rings (SSSR count). The van der Waals surface area contributed by atoms with Crippen molar-refractivity contribution < 1.29 is 17.2 Å². The lowest BCUT2D eigenvalue weighted by Gasteiger charge is -2.25. The minimum atomic E-state index is -3.82. The highest BCUT2D eigenvalue weighted by molar-refractivity contribution is 8.13. The molecule has 1 aliphatic rings. The molecule has 0 heterocycles. The lowest BCUT2D eigenvalue weighted by Crippen LogP contribution is -2.32. The average molecular weight is 233 g/mol. The Kier molecular flexibility index (Phi) is 3.17. The van der Waals surface area contributed by atoms with Crippen LogP contribution in [0.3, 0.4) is 0 Å². The SMILES string of the molecule is O=S(=O)(Cl)CC1(C(F)F)CCCC1. The summed E-state index contributed by atoms with van der Waals surface area (Å²) >= 11 is 0. The molecule has 0 aromatic heterocycles. The van der Waals surface area contributed by atoms with Crippen LogP contribution in [0.2, 0.25) is 0 Å². The zero-order chi connectivity index (χ0) is 10.1. The van der Waals surface area contributed by atoms with Crippen molar-refractivity contribution in [2.45, 2.75) is 32.1 Å². The second kappa shape index (κ2) is 3.69. The fraction of sp³-hybridized carbons (Fsp3) is 1.00. The predicted molar refractivity (Wildman–Crippen MR) is 46.5 cm³/mol. The van der Waals surface area contributed by atoms with Crippen LogP contribution in [0.4, 0.5) is 8.78 Å². The number of hydrogen-bond donors (Lipinski definition) is 0. The van der Waals surface area contributed by atoms with Gasteiger partial charge in [-0.2, -0.15) is 0 Å². The van der Waals surface area contributed by atoms with Crippen LogP contribution in [0, 0.1) is 5.41 Å². The maximum Gasteiger partial charge on any atom is 0.245 e. The summed E-state index contributed by atoms with van der Waals surface area (Å²) in [6, 6.07) is 0. The summed E-state index contributed by atoms with van der Waals surface area (Å²) < 4.78 is 46.7. The van der Waals surface area contributed by atoms with E-state index < -0.39 is 26.6 Å². The van der Waals surface area contributed by atoms with Gasteiger partial charge in [0.05, 0.1) is 5.75 Å². The van der Waals surface area contributed by atoms with Crippen LogP contribution in [0.1, 0.15) is 25.7 Å². The van der Waals surface area contributed by atoms with Gasteiger partial charge >= 0.3 is 0 Å².